The molecule has 112 valence electrons. The number of pyridine rings is 1. The van der Waals surface area contributed by atoms with Crippen LogP contribution < -0.4 is 20.1 Å². The van der Waals surface area contributed by atoms with E-state index in [-0.39, 0.29) is 0 Å². The molecular formula is C16H21N3O2. The van der Waals surface area contributed by atoms with Crippen LogP contribution in [-0.2, 0) is 0 Å². The molecule has 5 nitrogen and oxygen atoms in total. The first-order valence-electron chi connectivity index (χ1n) is 7.24. The van der Waals surface area contributed by atoms with E-state index < -0.39 is 0 Å². The third-order valence-corrected chi connectivity index (χ3v) is 4.10. The quantitative estimate of drug-likeness (QED) is 0.937. The second kappa shape index (κ2) is 5.77. The highest BCUT2D eigenvalue weighted by molar-refractivity contribution is 5.94. The lowest BCUT2D eigenvalue weighted by molar-refractivity contribution is 0.356. The monoisotopic (exact) mass is 287 g/mol. The molecule has 2 N–H and O–H groups in total. The van der Waals surface area contributed by atoms with E-state index >= 15 is 0 Å². The number of ether oxygens (including phenoxy) is 2. The predicted molar refractivity (Wildman–Crippen MR) is 84.3 cm³/mol. The molecular weight excluding hydrogens is 266 g/mol. The number of nitrogens with two attached hydrogens (primary N) is 1. The summed E-state index contributed by atoms with van der Waals surface area (Å²) in [6, 6.07) is 6.31. The minimum atomic E-state index is 0.323. The van der Waals surface area contributed by atoms with Gasteiger partial charge < -0.3 is 20.1 Å². The molecule has 1 aliphatic rings. The second-order valence-electron chi connectivity index (χ2n) is 5.38. The van der Waals surface area contributed by atoms with Gasteiger partial charge in [0, 0.05) is 42.5 Å². The molecule has 0 unspecified atom stereocenters. The summed E-state index contributed by atoms with van der Waals surface area (Å²) in [4.78, 5) is 6.82. The molecule has 0 bridgehead atoms. The third kappa shape index (κ3) is 2.61. The van der Waals surface area contributed by atoms with Crippen molar-refractivity contribution in [3.05, 3.63) is 24.4 Å². The maximum absolute atomic E-state index is 6.00. The first-order valence-corrected chi connectivity index (χ1v) is 7.24. The van der Waals surface area contributed by atoms with Crippen molar-refractivity contribution in [1.82, 2.24) is 4.98 Å². The standard InChI is InChI=1S/C16H21N3O2/c1-20-15-9-12-13(10-16(15)21-2)18-6-3-14(12)19-7-4-11(17)5-8-19/h3,6,9-11H,4-5,7-8,17H2,1-2H3. The molecule has 0 saturated carbocycles. The van der Waals surface area contributed by atoms with Crippen LogP contribution in [0.3, 0.4) is 0 Å². The third-order valence-electron chi connectivity index (χ3n) is 4.10. The summed E-state index contributed by atoms with van der Waals surface area (Å²) >= 11 is 0. The largest absolute Gasteiger partial charge is 0.493 e. The Labute approximate surface area is 124 Å². The molecule has 1 aliphatic heterocycles. The minimum absolute atomic E-state index is 0.323. The zero-order valence-electron chi connectivity index (χ0n) is 12.5. The van der Waals surface area contributed by atoms with Gasteiger partial charge in [0.25, 0.3) is 0 Å². The number of benzene rings is 1. The van der Waals surface area contributed by atoms with Crippen LogP contribution in [0.1, 0.15) is 12.8 Å². The zero-order valence-corrected chi connectivity index (χ0v) is 12.5. The van der Waals surface area contributed by atoms with Crippen LogP contribution in [0, 0.1) is 0 Å². The summed E-state index contributed by atoms with van der Waals surface area (Å²) in [6.45, 7) is 1.96. The number of hydrogen-bond donors (Lipinski definition) is 1. The molecule has 0 radical (unpaired) electrons. The van der Waals surface area contributed by atoms with Crippen molar-refractivity contribution in [3.8, 4) is 11.5 Å². The van der Waals surface area contributed by atoms with Gasteiger partial charge in [0.05, 0.1) is 19.7 Å². The van der Waals surface area contributed by atoms with Crippen molar-refractivity contribution >= 4 is 16.6 Å². The summed E-state index contributed by atoms with van der Waals surface area (Å²) in [5.41, 5.74) is 8.10. The predicted octanol–water partition coefficient (Wildman–Crippen LogP) is 2.18. The summed E-state index contributed by atoms with van der Waals surface area (Å²) in [5, 5.41) is 1.09. The smallest absolute Gasteiger partial charge is 0.162 e. The Hall–Kier alpha value is -2.01. The molecule has 21 heavy (non-hydrogen) atoms. The van der Waals surface area contributed by atoms with Crippen LogP contribution in [0.5, 0.6) is 11.5 Å². The van der Waals surface area contributed by atoms with Crippen LogP contribution in [0.25, 0.3) is 10.9 Å². The number of nitrogens with zero attached hydrogens (tertiary/aromatic N) is 2. The fourth-order valence-electron chi connectivity index (χ4n) is 2.87. The number of fused-ring (bicyclic) bond motifs is 1. The van der Waals surface area contributed by atoms with E-state index in [1.165, 1.54) is 5.69 Å². The lowest BCUT2D eigenvalue weighted by atomic mass is 10.0. The fraction of sp³-hybridized carbons (Fsp3) is 0.438. The van der Waals surface area contributed by atoms with E-state index in [0.29, 0.717) is 11.8 Å². The molecule has 0 aliphatic carbocycles. The van der Waals surface area contributed by atoms with Gasteiger partial charge in [0.2, 0.25) is 0 Å². The Bertz CT molecular complexity index is 637. The Morgan fingerprint density at radius 3 is 2.48 bits per heavy atom. The van der Waals surface area contributed by atoms with Crippen molar-refractivity contribution in [1.29, 1.82) is 0 Å². The molecule has 2 aromatic rings. The second-order valence-corrected chi connectivity index (χ2v) is 5.38. The van der Waals surface area contributed by atoms with Gasteiger partial charge in [0.1, 0.15) is 0 Å². The molecule has 3 rings (SSSR count). The summed E-state index contributed by atoms with van der Waals surface area (Å²) in [5.74, 6) is 1.43. The topological polar surface area (TPSA) is 60.6 Å². The molecule has 1 fully saturated rings. The Kier molecular flexibility index (Phi) is 3.84. The van der Waals surface area contributed by atoms with Crippen LogP contribution in [-0.4, -0.2) is 38.3 Å². The molecule has 0 spiro atoms. The first-order chi connectivity index (χ1) is 10.2. The summed E-state index contributed by atoms with van der Waals surface area (Å²) in [7, 11) is 3.29. The van der Waals surface area contributed by atoms with Crippen molar-refractivity contribution in [2.75, 3.05) is 32.2 Å². The first kappa shape index (κ1) is 13.9. The fourth-order valence-corrected chi connectivity index (χ4v) is 2.87. The van der Waals surface area contributed by atoms with Gasteiger partial charge in [-0.3, -0.25) is 4.98 Å². The number of methoxy groups -OCH3 is 2. The molecule has 1 aromatic heterocycles. The molecule has 1 saturated heterocycles. The van der Waals surface area contributed by atoms with Gasteiger partial charge in [-0.15, -0.1) is 0 Å². The van der Waals surface area contributed by atoms with Gasteiger partial charge in [-0.25, -0.2) is 0 Å². The van der Waals surface area contributed by atoms with Gasteiger partial charge in [-0.2, -0.15) is 0 Å². The molecule has 0 amide bonds. The van der Waals surface area contributed by atoms with Gasteiger partial charge in [-0.05, 0) is 25.0 Å². The SMILES string of the molecule is COc1cc2nccc(N3CCC(N)CC3)c2cc1OC. The van der Waals surface area contributed by atoms with Crippen molar-refractivity contribution < 1.29 is 9.47 Å². The van der Waals surface area contributed by atoms with Crippen LogP contribution in [0.2, 0.25) is 0 Å². The minimum Gasteiger partial charge on any atom is -0.493 e. The van der Waals surface area contributed by atoms with Crippen LogP contribution in [0.4, 0.5) is 5.69 Å². The Morgan fingerprint density at radius 2 is 1.81 bits per heavy atom. The maximum atomic E-state index is 6.00. The van der Waals surface area contributed by atoms with E-state index in [1.54, 1.807) is 14.2 Å². The lowest BCUT2D eigenvalue weighted by Crippen LogP contribution is -2.39. The number of piperidine rings is 1. The van der Waals surface area contributed by atoms with E-state index in [1.807, 2.05) is 18.3 Å². The number of anilines is 1. The van der Waals surface area contributed by atoms with Crippen LogP contribution >= 0.6 is 0 Å². The average Bonchev–Trinajstić information content (AvgIpc) is 2.53. The lowest BCUT2D eigenvalue weighted by Gasteiger charge is -2.32. The molecule has 2 heterocycles. The summed E-state index contributed by atoms with van der Waals surface area (Å²) in [6.07, 6.45) is 3.90. The maximum Gasteiger partial charge on any atom is 0.162 e. The summed E-state index contributed by atoms with van der Waals surface area (Å²) < 4.78 is 10.8. The Balaban J connectivity index is 2.06. The number of rotatable bonds is 3. The number of aromatic nitrogens is 1. The van der Waals surface area contributed by atoms with Crippen molar-refractivity contribution in [2.24, 2.45) is 5.73 Å². The molecule has 1 aromatic carbocycles. The van der Waals surface area contributed by atoms with E-state index in [9.17, 15) is 0 Å². The van der Waals surface area contributed by atoms with Gasteiger partial charge in [-0.1, -0.05) is 0 Å². The molecule has 0 atom stereocenters. The van der Waals surface area contributed by atoms with Crippen molar-refractivity contribution in [3.63, 3.8) is 0 Å². The van der Waals surface area contributed by atoms with E-state index in [4.69, 9.17) is 15.2 Å². The highest BCUT2D eigenvalue weighted by atomic mass is 16.5. The van der Waals surface area contributed by atoms with Gasteiger partial charge >= 0.3 is 0 Å². The van der Waals surface area contributed by atoms with Gasteiger partial charge in [0.15, 0.2) is 11.5 Å². The highest BCUT2D eigenvalue weighted by Crippen LogP contribution is 2.36. The van der Waals surface area contributed by atoms with E-state index in [2.05, 4.69) is 16.0 Å². The highest BCUT2D eigenvalue weighted by Gasteiger charge is 2.19. The zero-order chi connectivity index (χ0) is 14.8. The molecule has 5 heteroatoms. The number of hydrogen-bond acceptors (Lipinski definition) is 5. The van der Waals surface area contributed by atoms with Crippen molar-refractivity contribution in [2.45, 2.75) is 18.9 Å². The normalized spacial score (nSPS) is 16.2. The van der Waals surface area contributed by atoms with Crippen LogP contribution in [0.15, 0.2) is 24.4 Å². The Morgan fingerprint density at radius 1 is 1.14 bits per heavy atom. The average molecular weight is 287 g/mol. The van der Waals surface area contributed by atoms with E-state index in [0.717, 1.165) is 42.6 Å².